The highest BCUT2D eigenvalue weighted by molar-refractivity contribution is 5.95. The van der Waals surface area contributed by atoms with Crippen molar-refractivity contribution in [2.24, 2.45) is 0 Å². The van der Waals surface area contributed by atoms with Crippen LogP contribution in [0.4, 0.5) is 4.79 Å². The Morgan fingerprint density at radius 1 is 1.08 bits per heavy atom. The summed E-state index contributed by atoms with van der Waals surface area (Å²) in [6, 6.07) is 10.9. The quantitative estimate of drug-likeness (QED) is 0.426. The lowest BCUT2D eigenvalue weighted by molar-refractivity contribution is -0.123. The van der Waals surface area contributed by atoms with Crippen LogP contribution in [0.3, 0.4) is 0 Å². The predicted molar refractivity (Wildman–Crippen MR) is 140 cm³/mol. The lowest BCUT2D eigenvalue weighted by Gasteiger charge is -2.36. The van der Waals surface area contributed by atoms with Crippen LogP contribution >= 0.6 is 0 Å². The van der Waals surface area contributed by atoms with Crippen molar-refractivity contribution in [3.05, 3.63) is 64.8 Å². The van der Waals surface area contributed by atoms with Gasteiger partial charge in [-0.1, -0.05) is 12.1 Å². The second-order valence-electron chi connectivity index (χ2n) is 10.4. The van der Waals surface area contributed by atoms with Crippen LogP contribution in [-0.4, -0.2) is 53.7 Å². The molecule has 1 saturated heterocycles. The van der Waals surface area contributed by atoms with Crippen molar-refractivity contribution in [1.82, 2.24) is 9.47 Å². The van der Waals surface area contributed by atoms with Crippen molar-refractivity contribution >= 4 is 28.7 Å². The van der Waals surface area contributed by atoms with E-state index in [1.54, 1.807) is 30.0 Å². The molecular weight excluding hydrogens is 472 g/mol. The van der Waals surface area contributed by atoms with E-state index in [1.165, 1.54) is 7.11 Å². The van der Waals surface area contributed by atoms with Gasteiger partial charge in [-0.3, -0.25) is 14.3 Å². The van der Waals surface area contributed by atoms with E-state index in [2.05, 4.69) is 4.90 Å². The standard InChI is InChI=1S/C29H34N2O6/c1-18-15-25(35-5)23(22-12-14-31(26(18)22)28(34)37-29(2,3)4)17-30-13-11-21(32)16-24(30)19-7-9-20(10-8-19)27(33)36-6/h7-10,12,14-15,24H,11,13,16-17H2,1-6H3/t24-/m1/s1. The number of piperidine rings is 1. The number of benzene rings is 2. The summed E-state index contributed by atoms with van der Waals surface area (Å²) in [7, 11) is 2.99. The molecule has 8 heteroatoms. The average molecular weight is 507 g/mol. The Labute approximate surface area is 217 Å². The molecule has 0 amide bonds. The number of Topliss-reactive ketones (excluding diaryl/α,β-unsaturated/α-hetero) is 1. The molecule has 8 nitrogen and oxygen atoms in total. The van der Waals surface area contributed by atoms with Gasteiger partial charge in [-0.2, -0.15) is 0 Å². The monoisotopic (exact) mass is 506 g/mol. The van der Waals surface area contributed by atoms with Crippen molar-refractivity contribution in [3.8, 4) is 5.75 Å². The topological polar surface area (TPSA) is 87.1 Å². The predicted octanol–water partition coefficient (Wildman–Crippen LogP) is 5.43. The Morgan fingerprint density at radius 3 is 2.41 bits per heavy atom. The van der Waals surface area contributed by atoms with Gasteiger partial charge in [0.2, 0.25) is 0 Å². The van der Waals surface area contributed by atoms with E-state index in [-0.39, 0.29) is 11.8 Å². The van der Waals surface area contributed by atoms with Gasteiger partial charge in [0.1, 0.15) is 17.1 Å². The molecular formula is C29H34N2O6. The number of methoxy groups -OCH3 is 2. The molecule has 2 heterocycles. The zero-order chi connectivity index (χ0) is 26.9. The number of fused-ring (bicyclic) bond motifs is 1. The number of likely N-dealkylation sites (tertiary alicyclic amines) is 1. The average Bonchev–Trinajstić information content (AvgIpc) is 3.31. The first-order valence-electron chi connectivity index (χ1n) is 12.4. The molecule has 4 rings (SSSR count). The highest BCUT2D eigenvalue weighted by Crippen LogP contribution is 2.37. The van der Waals surface area contributed by atoms with Crippen LogP contribution in [0, 0.1) is 6.92 Å². The van der Waals surface area contributed by atoms with Crippen molar-refractivity contribution in [1.29, 1.82) is 0 Å². The molecule has 0 radical (unpaired) electrons. The number of hydrogen-bond acceptors (Lipinski definition) is 7. The molecule has 0 N–H and O–H groups in total. The van der Waals surface area contributed by atoms with Crippen LogP contribution in [0.25, 0.3) is 10.9 Å². The van der Waals surface area contributed by atoms with E-state index < -0.39 is 17.7 Å². The number of aryl methyl sites for hydroxylation is 1. The first-order chi connectivity index (χ1) is 17.5. The molecule has 0 aliphatic carbocycles. The summed E-state index contributed by atoms with van der Waals surface area (Å²) >= 11 is 0. The van der Waals surface area contributed by atoms with Crippen LogP contribution in [0.15, 0.2) is 42.6 Å². The first kappa shape index (κ1) is 26.4. The summed E-state index contributed by atoms with van der Waals surface area (Å²) in [4.78, 5) is 39.5. The smallest absolute Gasteiger partial charge is 0.419 e. The number of esters is 1. The fraction of sp³-hybridized carbons (Fsp3) is 0.414. The second-order valence-corrected chi connectivity index (χ2v) is 10.4. The first-order valence-corrected chi connectivity index (χ1v) is 12.4. The van der Waals surface area contributed by atoms with Gasteiger partial charge in [-0.15, -0.1) is 0 Å². The minimum absolute atomic E-state index is 0.151. The summed E-state index contributed by atoms with van der Waals surface area (Å²) in [6.07, 6.45) is 2.15. The highest BCUT2D eigenvalue weighted by Gasteiger charge is 2.30. The number of rotatable bonds is 5. The summed E-state index contributed by atoms with van der Waals surface area (Å²) in [5.41, 5.74) is 3.41. The van der Waals surface area contributed by atoms with E-state index in [0.717, 1.165) is 33.3 Å². The summed E-state index contributed by atoms with van der Waals surface area (Å²) < 4.78 is 17.7. The van der Waals surface area contributed by atoms with E-state index in [9.17, 15) is 14.4 Å². The fourth-order valence-corrected chi connectivity index (χ4v) is 4.92. The molecule has 2 aromatic carbocycles. The molecule has 1 fully saturated rings. The third-order valence-electron chi connectivity index (χ3n) is 6.66. The molecule has 1 aromatic heterocycles. The Morgan fingerprint density at radius 2 is 1.78 bits per heavy atom. The number of ether oxygens (including phenoxy) is 3. The Balaban J connectivity index is 1.72. The number of nitrogens with zero attached hydrogens (tertiary/aromatic N) is 2. The van der Waals surface area contributed by atoms with Crippen LogP contribution in [0.1, 0.15) is 66.7 Å². The molecule has 3 aromatic rings. The van der Waals surface area contributed by atoms with Crippen molar-refractivity contribution in [2.45, 2.75) is 58.7 Å². The molecule has 0 unspecified atom stereocenters. The fourth-order valence-electron chi connectivity index (χ4n) is 4.92. The van der Waals surface area contributed by atoms with Gasteiger partial charge in [-0.05, 0) is 63.1 Å². The normalized spacial score (nSPS) is 16.6. The van der Waals surface area contributed by atoms with E-state index >= 15 is 0 Å². The minimum Gasteiger partial charge on any atom is -0.496 e. The van der Waals surface area contributed by atoms with Gasteiger partial charge >= 0.3 is 12.1 Å². The maximum Gasteiger partial charge on any atom is 0.419 e. The SMILES string of the molecule is COC(=O)c1ccc([C@H]2CC(=O)CCN2Cc2c(OC)cc(C)c3c2ccn3C(=O)OC(C)(C)C)cc1. The van der Waals surface area contributed by atoms with E-state index in [4.69, 9.17) is 14.2 Å². The van der Waals surface area contributed by atoms with Crippen molar-refractivity contribution in [3.63, 3.8) is 0 Å². The zero-order valence-electron chi connectivity index (χ0n) is 22.3. The molecule has 196 valence electrons. The lowest BCUT2D eigenvalue weighted by atomic mass is 9.92. The van der Waals surface area contributed by atoms with Gasteiger partial charge in [0.05, 0.1) is 25.3 Å². The molecule has 1 aliphatic rings. The van der Waals surface area contributed by atoms with Crippen molar-refractivity contribution in [2.75, 3.05) is 20.8 Å². The number of ketones is 1. The highest BCUT2D eigenvalue weighted by atomic mass is 16.6. The largest absolute Gasteiger partial charge is 0.496 e. The summed E-state index contributed by atoms with van der Waals surface area (Å²) in [5, 5.41) is 0.902. The minimum atomic E-state index is -0.617. The molecule has 0 bridgehead atoms. The third-order valence-corrected chi connectivity index (χ3v) is 6.66. The van der Waals surface area contributed by atoms with Gasteiger partial charge < -0.3 is 14.2 Å². The van der Waals surface area contributed by atoms with Gasteiger partial charge in [0.15, 0.2) is 0 Å². The van der Waals surface area contributed by atoms with Crippen molar-refractivity contribution < 1.29 is 28.6 Å². The van der Waals surface area contributed by atoms with Crippen LogP contribution in [-0.2, 0) is 20.8 Å². The van der Waals surface area contributed by atoms with Gasteiger partial charge in [0.25, 0.3) is 0 Å². The Kier molecular flexibility index (Phi) is 7.41. The number of aromatic nitrogens is 1. The van der Waals surface area contributed by atoms with E-state index in [0.29, 0.717) is 31.5 Å². The number of carbonyl (C=O) groups is 3. The van der Waals surface area contributed by atoms with Crippen LogP contribution in [0.2, 0.25) is 0 Å². The van der Waals surface area contributed by atoms with Gasteiger partial charge in [0, 0.05) is 49.1 Å². The summed E-state index contributed by atoms with van der Waals surface area (Å²) in [6.45, 7) is 8.58. The number of hydrogen-bond donors (Lipinski definition) is 0. The zero-order valence-corrected chi connectivity index (χ0v) is 22.3. The number of carbonyl (C=O) groups excluding carboxylic acids is 3. The molecule has 1 atom stereocenters. The second kappa shape index (κ2) is 10.4. The maximum absolute atomic E-state index is 12.9. The Bertz CT molecular complexity index is 1330. The van der Waals surface area contributed by atoms with E-state index in [1.807, 2.05) is 52.0 Å². The molecule has 0 spiro atoms. The summed E-state index contributed by atoms with van der Waals surface area (Å²) in [5.74, 6) is 0.531. The Hall–Kier alpha value is -3.65. The maximum atomic E-state index is 12.9. The molecule has 37 heavy (non-hydrogen) atoms. The molecule has 0 saturated carbocycles. The van der Waals surface area contributed by atoms with Crippen LogP contribution in [0.5, 0.6) is 5.75 Å². The lowest BCUT2D eigenvalue weighted by Crippen LogP contribution is -2.36. The van der Waals surface area contributed by atoms with Crippen LogP contribution < -0.4 is 4.74 Å². The van der Waals surface area contributed by atoms with Gasteiger partial charge in [-0.25, -0.2) is 9.59 Å². The third kappa shape index (κ3) is 5.54. The molecule has 1 aliphatic heterocycles.